The smallest absolute Gasteiger partial charge is 0.196 e. The summed E-state index contributed by atoms with van der Waals surface area (Å²) in [4.78, 5) is 0. The fourth-order valence-electron chi connectivity index (χ4n) is 0.781. The van der Waals surface area contributed by atoms with Crippen LogP contribution in [0, 0.1) is 17.5 Å². The van der Waals surface area contributed by atoms with Crippen LogP contribution in [-0.2, 0) is 0 Å². The van der Waals surface area contributed by atoms with Gasteiger partial charge in [-0.15, -0.1) is 0 Å². The summed E-state index contributed by atoms with van der Waals surface area (Å²) in [5.41, 5.74) is 1.73. The van der Waals surface area contributed by atoms with E-state index in [0.29, 0.717) is 0 Å². The van der Waals surface area contributed by atoms with Crippen LogP contribution in [0.1, 0.15) is 6.92 Å². The van der Waals surface area contributed by atoms with E-state index in [1.54, 1.807) is 6.92 Å². The van der Waals surface area contributed by atoms with Gasteiger partial charge in [0.2, 0.25) is 0 Å². The highest BCUT2D eigenvalue weighted by Gasteiger charge is 2.13. The van der Waals surface area contributed by atoms with Gasteiger partial charge in [-0.1, -0.05) is 0 Å². The van der Waals surface area contributed by atoms with Crippen molar-refractivity contribution >= 4 is 23.0 Å². The average Bonchev–Trinajstić information content (AvgIpc) is 2.31. The maximum Gasteiger partial charge on any atom is 0.196 e. The fraction of sp³-hybridized carbons (Fsp3) is 0.222. The van der Waals surface area contributed by atoms with Crippen molar-refractivity contribution in [2.45, 2.75) is 6.92 Å². The topological polar surface area (TPSA) is 70.3 Å². The summed E-state index contributed by atoms with van der Waals surface area (Å²) in [6.07, 6.45) is 0. The van der Waals surface area contributed by atoms with E-state index in [1.807, 2.05) is 5.43 Å². The highest BCUT2D eigenvalue weighted by Crippen LogP contribution is 2.19. The Morgan fingerprint density at radius 1 is 1.35 bits per heavy atom. The third-order valence-electron chi connectivity index (χ3n) is 1.41. The van der Waals surface area contributed by atoms with E-state index in [0.717, 1.165) is 12.1 Å². The molecule has 0 bridgehead atoms. The van der Waals surface area contributed by atoms with Crippen molar-refractivity contribution in [1.82, 2.24) is 5.43 Å². The molecule has 0 aromatic heterocycles. The Kier molecular flexibility index (Phi) is 7.19. The molecule has 0 aliphatic heterocycles. The Bertz CT molecular complexity index is 390. The lowest BCUT2D eigenvalue weighted by atomic mass is 10.3. The first-order chi connectivity index (χ1) is 7.97. The quantitative estimate of drug-likeness (QED) is 0.267. The maximum atomic E-state index is 13.0. The van der Waals surface area contributed by atoms with Crippen molar-refractivity contribution in [1.29, 1.82) is 0 Å². The monoisotopic (exact) mass is 267 g/mol. The summed E-state index contributed by atoms with van der Waals surface area (Å²) in [7, 11) is 0. The lowest BCUT2D eigenvalue weighted by Crippen LogP contribution is -2.34. The van der Waals surface area contributed by atoms with Gasteiger partial charge in [0.25, 0.3) is 0 Å². The molecule has 4 nitrogen and oxygen atoms in total. The molecular weight excluding hydrogens is 255 g/mol. The highest BCUT2D eigenvalue weighted by molar-refractivity contribution is 7.80. The summed E-state index contributed by atoms with van der Waals surface area (Å²) in [5, 5.41) is 9.71. The third kappa shape index (κ3) is 4.98. The Morgan fingerprint density at radius 3 is 2.35 bits per heavy atom. The van der Waals surface area contributed by atoms with Crippen molar-refractivity contribution in [2.75, 3.05) is 11.9 Å². The van der Waals surface area contributed by atoms with E-state index in [9.17, 15) is 13.2 Å². The van der Waals surface area contributed by atoms with Crippen molar-refractivity contribution in [2.24, 2.45) is 5.84 Å². The molecule has 96 valence electrons. The third-order valence-corrected chi connectivity index (χ3v) is 1.63. The molecule has 0 fully saturated rings. The van der Waals surface area contributed by atoms with Crippen LogP contribution >= 0.6 is 12.2 Å². The van der Waals surface area contributed by atoms with E-state index >= 15 is 0 Å². The number of hydrogen-bond donors (Lipinski definition) is 4. The summed E-state index contributed by atoms with van der Waals surface area (Å²) < 4.78 is 38.1. The molecule has 17 heavy (non-hydrogen) atoms. The van der Waals surface area contributed by atoms with Crippen molar-refractivity contribution in [3.05, 3.63) is 29.6 Å². The van der Waals surface area contributed by atoms with Crippen LogP contribution < -0.4 is 16.6 Å². The van der Waals surface area contributed by atoms with Crippen LogP contribution in [0.5, 0.6) is 0 Å². The summed E-state index contributed by atoms with van der Waals surface area (Å²) in [6.45, 7) is 1.93. The standard InChI is InChI=1S/C7H6F3N3S.C2H6O/c8-3-1-2-4(6(10)5(3)9)12-7(14)13-11;1-2-3/h1-2H,11H2,(H2,12,13,14);3H,2H2,1H3. The molecule has 1 rings (SSSR count). The largest absolute Gasteiger partial charge is 0.397 e. The second kappa shape index (κ2) is 7.82. The van der Waals surface area contributed by atoms with Crippen molar-refractivity contribution < 1.29 is 18.3 Å². The number of halogens is 3. The molecule has 0 saturated heterocycles. The van der Waals surface area contributed by atoms with E-state index in [1.165, 1.54) is 0 Å². The lowest BCUT2D eigenvalue weighted by molar-refractivity contribution is 0.318. The Morgan fingerprint density at radius 2 is 1.88 bits per heavy atom. The molecule has 0 spiro atoms. The van der Waals surface area contributed by atoms with Crippen LogP contribution in [0.2, 0.25) is 0 Å². The Labute approximate surface area is 102 Å². The van der Waals surface area contributed by atoms with Gasteiger partial charge in [-0.3, -0.25) is 0 Å². The lowest BCUT2D eigenvalue weighted by Gasteiger charge is -2.08. The number of thiocarbonyl (C=S) groups is 1. The van der Waals surface area contributed by atoms with Gasteiger partial charge in [-0.05, 0) is 31.3 Å². The molecule has 1 aromatic carbocycles. The summed E-state index contributed by atoms with van der Waals surface area (Å²) in [5.74, 6) is 0.725. The van der Waals surface area contributed by atoms with E-state index < -0.39 is 17.5 Å². The Balaban J connectivity index is 0.000000770. The average molecular weight is 267 g/mol. The van der Waals surface area contributed by atoms with E-state index in [4.69, 9.17) is 10.9 Å². The Hall–Kier alpha value is -1.38. The molecule has 0 atom stereocenters. The SMILES string of the molecule is CCO.NNC(=S)Nc1ccc(F)c(F)c1F. The zero-order valence-electron chi connectivity index (χ0n) is 8.93. The normalized spacial score (nSPS) is 9.06. The van der Waals surface area contributed by atoms with Crippen LogP contribution in [-0.4, -0.2) is 16.8 Å². The van der Waals surface area contributed by atoms with Gasteiger partial charge < -0.3 is 15.8 Å². The van der Waals surface area contributed by atoms with Gasteiger partial charge in [-0.25, -0.2) is 19.0 Å². The molecule has 0 unspecified atom stereocenters. The second-order valence-electron chi connectivity index (χ2n) is 2.64. The minimum absolute atomic E-state index is 0.102. The molecule has 0 aliphatic carbocycles. The van der Waals surface area contributed by atoms with Gasteiger partial charge in [0.05, 0.1) is 5.69 Å². The number of benzene rings is 1. The number of rotatable bonds is 1. The first-order valence-electron chi connectivity index (χ1n) is 4.49. The molecule has 0 amide bonds. The zero-order valence-corrected chi connectivity index (χ0v) is 9.75. The molecule has 8 heteroatoms. The zero-order chi connectivity index (χ0) is 13.4. The number of aliphatic hydroxyl groups excluding tert-OH is 1. The number of aliphatic hydroxyl groups is 1. The van der Waals surface area contributed by atoms with Gasteiger partial charge in [0.15, 0.2) is 22.6 Å². The van der Waals surface area contributed by atoms with Gasteiger partial charge in [0, 0.05) is 6.61 Å². The summed E-state index contributed by atoms with van der Waals surface area (Å²) >= 11 is 4.54. The number of nitrogens with two attached hydrogens (primary N) is 1. The van der Waals surface area contributed by atoms with Gasteiger partial charge in [0.1, 0.15) is 0 Å². The number of hydrogen-bond acceptors (Lipinski definition) is 3. The van der Waals surface area contributed by atoms with Gasteiger partial charge in [-0.2, -0.15) is 0 Å². The fourth-order valence-corrected chi connectivity index (χ4v) is 0.891. The first-order valence-corrected chi connectivity index (χ1v) is 4.90. The molecule has 0 radical (unpaired) electrons. The molecule has 1 aromatic rings. The van der Waals surface area contributed by atoms with E-state index in [2.05, 4.69) is 17.5 Å². The number of anilines is 1. The van der Waals surface area contributed by atoms with Gasteiger partial charge >= 0.3 is 0 Å². The van der Waals surface area contributed by atoms with Crippen LogP contribution in [0.15, 0.2) is 12.1 Å². The molecule has 0 saturated carbocycles. The predicted molar refractivity (Wildman–Crippen MR) is 62.6 cm³/mol. The molecular formula is C9H12F3N3OS. The second-order valence-corrected chi connectivity index (χ2v) is 3.05. The number of nitrogens with one attached hydrogen (secondary N) is 2. The predicted octanol–water partition coefficient (Wildman–Crippen LogP) is 1.26. The van der Waals surface area contributed by atoms with E-state index in [-0.39, 0.29) is 17.4 Å². The highest BCUT2D eigenvalue weighted by atomic mass is 32.1. The van der Waals surface area contributed by atoms with Crippen LogP contribution in [0.25, 0.3) is 0 Å². The number of hydrazine groups is 1. The van der Waals surface area contributed by atoms with Crippen LogP contribution in [0.4, 0.5) is 18.9 Å². The summed E-state index contributed by atoms with van der Waals surface area (Å²) in [6, 6.07) is 1.79. The first kappa shape index (κ1) is 15.6. The minimum atomic E-state index is -1.56. The van der Waals surface area contributed by atoms with Crippen molar-refractivity contribution in [3.63, 3.8) is 0 Å². The van der Waals surface area contributed by atoms with Crippen molar-refractivity contribution in [3.8, 4) is 0 Å². The molecule has 0 aliphatic rings. The minimum Gasteiger partial charge on any atom is -0.397 e. The molecule has 5 N–H and O–H groups in total. The maximum absolute atomic E-state index is 13.0. The van der Waals surface area contributed by atoms with Crippen LogP contribution in [0.3, 0.4) is 0 Å². The molecule has 0 heterocycles.